The van der Waals surface area contributed by atoms with Crippen molar-refractivity contribution in [2.24, 2.45) is 0 Å². The van der Waals surface area contributed by atoms with Gasteiger partial charge in [-0.15, -0.1) is 0 Å². The fraction of sp³-hybridized carbons (Fsp3) is 0.375. The number of nitrogens with one attached hydrogen (secondary N) is 1. The van der Waals surface area contributed by atoms with Crippen LogP contribution in [-0.4, -0.2) is 36.9 Å². The lowest BCUT2D eigenvalue weighted by molar-refractivity contribution is -0.126. The number of amides is 2. The van der Waals surface area contributed by atoms with Gasteiger partial charge in [0.15, 0.2) is 0 Å². The van der Waals surface area contributed by atoms with Crippen molar-refractivity contribution in [3.63, 3.8) is 0 Å². The first-order chi connectivity index (χ1) is 9.70. The van der Waals surface area contributed by atoms with E-state index >= 15 is 0 Å². The standard InChI is InChI=1S/C16H20N2O2/c1-17-16(20)14-8-5-13(6-9-14)7-10-15(19)18-11-3-2-4-12-18/h5-10H,2-4,11-12H2,1H3,(H,17,20)/b10-7+. The SMILES string of the molecule is CNC(=O)c1ccc(/C=C/C(=O)N2CCCCC2)cc1. The molecule has 1 aliphatic heterocycles. The summed E-state index contributed by atoms with van der Waals surface area (Å²) in [5.74, 6) is -0.0370. The van der Waals surface area contributed by atoms with E-state index in [0.29, 0.717) is 5.56 Å². The second-order valence-corrected chi connectivity index (χ2v) is 4.92. The van der Waals surface area contributed by atoms with Gasteiger partial charge in [-0.05, 0) is 43.0 Å². The molecule has 20 heavy (non-hydrogen) atoms. The summed E-state index contributed by atoms with van der Waals surface area (Å²) in [6, 6.07) is 7.18. The number of benzene rings is 1. The first-order valence-electron chi connectivity index (χ1n) is 7.00. The number of carbonyl (C=O) groups is 2. The maximum Gasteiger partial charge on any atom is 0.251 e. The van der Waals surface area contributed by atoms with E-state index in [2.05, 4.69) is 5.32 Å². The Hall–Kier alpha value is -2.10. The molecule has 1 saturated heterocycles. The molecule has 0 bridgehead atoms. The highest BCUT2D eigenvalue weighted by atomic mass is 16.2. The molecule has 1 aliphatic rings. The summed E-state index contributed by atoms with van der Waals surface area (Å²) in [7, 11) is 1.60. The van der Waals surface area contributed by atoms with Crippen LogP contribution in [0.5, 0.6) is 0 Å². The fourth-order valence-electron chi connectivity index (χ4n) is 2.28. The van der Waals surface area contributed by atoms with Crippen molar-refractivity contribution < 1.29 is 9.59 Å². The summed E-state index contributed by atoms with van der Waals surface area (Å²) in [5, 5.41) is 2.58. The van der Waals surface area contributed by atoms with E-state index in [1.165, 1.54) is 6.42 Å². The zero-order valence-electron chi connectivity index (χ0n) is 11.8. The molecule has 0 saturated carbocycles. The average molecular weight is 272 g/mol. The van der Waals surface area contributed by atoms with Gasteiger partial charge in [-0.1, -0.05) is 12.1 Å². The van der Waals surface area contributed by atoms with Crippen LogP contribution in [0.2, 0.25) is 0 Å². The fourth-order valence-corrected chi connectivity index (χ4v) is 2.28. The van der Waals surface area contributed by atoms with E-state index < -0.39 is 0 Å². The normalized spacial score (nSPS) is 15.3. The second kappa shape index (κ2) is 6.89. The van der Waals surface area contributed by atoms with Gasteiger partial charge in [-0.25, -0.2) is 0 Å². The molecule has 2 amide bonds. The van der Waals surface area contributed by atoms with E-state index in [-0.39, 0.29) is 11.8 Å². The Labute approximate surface area is 119 Å². The van der Waals surface area contributed by atoms with Gasteiger partial charge in [-0.2, -0.15) is 0 Å². The molecular weight excluding hydrogens is 252 g/mol. The molecule has 0 atom stereocenters. The van der Waals surface area contributed by atoms with Crippen molar-refractivity contribution in [1.29, 1.82) is 0 Å². The van der Waals surface area contributed by atoms with Crippen LogP contribution in [-0.2, 0) is 4.79 Å². The van der Waals surface area contributed by atoms with Crippen molar-refractivity contribution >= 4 is 17.9 Å². The topological polar surface area (TPSA) is 49.4 Å². The molecule has 4 heteroatoms. The molecule has 0 unspecified atom stereocenters. The number of hydrogen-bond donors (Lipinski definition) is 1. The summed E-state index contributed by atoms with van der Waals surface area (Å²) < 4.78 is 0. The number of rotatable bonds is 3. The number of likely N-dealkylation sites (tertiary alicyclic amines) is 1. The van der Waals surface area contributed by atoms with Crippen molar-refractivity contribution in [3.05, 3.63) is 41.5 Å². The molecule has 0 aliphatic carbocycles. The molecule has 1 N–H and O–H groups in total. The minimum Gasteiger partial charge on any atom is -0.355 e. The van der Waals surface area contributed by atoms with Crippen LogP contribution in [0.15, 0.2) is 30.3 Å². The van der Waals surface area contributed by atoms with Crippen LogP contribution in [0.1, 0.15) is 35.2 Å². The molecule has 1 aromatic carbocycles. The van der Waals surface area contributed by atoms with E-state index in [1.54, 1.807) is 31.3 Å². The number of carbonyl (C=O) groups excluding carboxylic acids is 2. The first kappa shape index (κ1) is 14.3. The van der Waals surface area contributed by atoms with Gasteiger partial charge in [0.05, 0.1) is 0 Å². The molecule has 1 fully saturated rings. The third-order valence-electron chi connectivity index (χ3n) is 3.49. The predicted octanol–water partition coefficient (Wildman–Crippen LogP) is 2.07. The zero-order valence-corrected chi connectivity index (χ0v) is 11.8. The number of hydrogen-bond acceptors (Lipinski definition) is 2. The van der Waals surface area contributed by atoms with Crippen molar-refractivity contribution in [1.82, 2.24) is 10.2 Å². The maximum atomic E-state index is 12.0. The third kappa shape index (κ3) is 3.70. The minimum atomic E-state index is -0.107. The van der Waals surface area contributed by atoms with Crippen LogP contribution in [0.3, 0.4) is 0 Å². The molecular formula is C16H20N2O2. The third-order valence-corrected chi connectivity index (χ3v) is 3.49. The van der Waals surface area contributed by atoms with Gasteiger partial charge < -0.3 is 10.2 Å². The minimum absolute atomic E-state index is 0.0695. The Balaban J connectivity index is 1.96. The Kier molecular flexibility index (Phi) is 4.93. The summed E-state index contributed by atoms with van der Waals surface area (Å²) in [5.41, 5.74) is 1.54. The quantitative estimate of drug-likeness (QED) is 0.856. The van der Waals surface area contributed by atoms with Crippen LogP contribution in [0.25, 0.3) is 6.08 Å². The summed E-state index contributed by atoms with van der Waals surface area (Å²) in [6.45, 7) is 1.72. The predicted molar refractivity (Wildman–Crippen MR) is 79.3 cm³/mol. The van der Waals surface area contributed by atoms with Crippen molar-refractivity contribution in [3.8, 4) is 0 Å². The zero-order chi connectivity index (χ0) is 14.4. The van der Waals surface area contributed by atoms with Gasteiger partial charge >= 0.3 is 0 Å². The summed E-state index contributed by atoms with van der Waals surface area (Å²) in [4.78, 5) is 25.3. The monoisotopic (exact) mass is 272 g/mol. The second-order valence-electron chi connectivity index (χ2n) is 4.92. The van der Waals surface area contributed by atoms with E-state index in [4.69, 9.17) is 0 Å². The highest BCUT2D eigenvalue weighted by Crippen LogP contribution is 2.10. The molecule has 1 aromatic rings. The molecule has 0 radical (unpaired) electrons. The van der Waals surface area contributed by atoms with Crippen LogP contribution < -0.4 is 5.32 Å². The molecule has 2 rings (SSSR count). The lowest BCUT2D eigenvalue weighted by Crippen LogP contribution is -2.34. The molecule has 0 spiro atoms. The average Bonchev–Trinajstić information content (AvgIpc) is 2.53. The Bertz CT molecular complexity index is 500. The number of piperidine rings is 1. The summed E-state index contributed by atoms with van der Waals surface area (Å²) in [6.07, 6.45) is 6.82. The highest BCUT2D eigenvalue weighted by Gasteiger charge is 2.13. The first-order valence-corrected chi connectivity index (χ1v) is 7.00. The van der Waals surface area contributed by atoms with E-state index in [1.807, 2.05) is 17.0 Å². The Morgan fingerprint density at radius 2 is 1.75 bits per heavy atom. The van der Waals surface area contributed by atoms with E-state index in [0.717, 1.165) is 31.5 Å². The van der Waals surface area contributed by atoms with Gasteiger partial charge in [0, 0.05) is 31.8 Å². The van der Waals surface area contributed by atoms with Gasteiger partial charge in [0.25, 0.3) is 5.91 Å². The van der Waals surface area contributed by atoms with Gasteiger partial charge in [-0.3, -0.25) is 9.59 Å². The van der Waals surface area contributed by atoms with Gasteiger partial charge in [0.1, 0.15) is 0 Å². The molecule has 106 valence electrons. The number of nitrogens with zero attached hydrogens (tertiary/aromatic N) is 1. The van der Waals surface area contributed by atoms with Crippen LogP contribution >= 0.6 is 0 Å². The van der Waals surface area contributed by atoms with Crippen molar-refractivity contribution in [2.75, 3.05) is 20.1 Å². The maximum absolute atomic E-state index is 12.0. The highest BCUT2D eigenvalue weighted by molar-refractivity contribution is 5.94. The molecule has 4 nitrogen and oxygen atoms in total. The largest absolute Gasteiger partial charge is 0.355 e. The molecule has 1 heterocycles. The van der Waals surface area contributed by atoms with Crippen LogP contribution in [0, 0.1) is 0 Å². The Morgan fingerprint density at radius 3 is 2.35 bits per heavy atom. The molecule has 0 aromatic heterocycles. The van der Waals surface area contributed by atoms with Crippen molar-refractivity contribution in [2.45, 2.75) is 19.3 Å². The van der Waals surface area contributed by atoms with Gasteiger partial charge in [0.2, 0.25) is 5.91 Å². The Morgan fingerprint density at radius 1 is 1.10 bits per heavy atom. The van der Waals surface area contributed by atoms with Crippen LogP contribution in [0.4, 0.5) is 0 Å². The lowest BCUT2D eigenvalue weighted by Gasteiger charge is -2.25. The lowest BCUT2D eigenvalue weighted by atomic mass is 10.1. The smallest absolute Gasteiger partial charge is 0.251 e. The van der Waals surface area contributed by atoms with E-state index in [9.17, 15) is 9.59 Å². The summed E-state index contributed by atoms with van der Waals surface area (Å²) >= 11 is 0.